The molecule has 0 bridgehead atoms. The van der Waals surface area contributed by atoms with Crippen LogP contribution in [0.1, 0.15) is 96.5 Å². The Bertz CT molecular complexity index is 903. The summed E-state index contributed by atoms with van der Waals surface area (Å²) in [6.07, 6.45) is 16.4. The fourth-order valence-corrected chi connectivity index (χ4v) is 7.99. The average Bonchev–Trinajstić information content (AvgIpc) is 3.42. The number of nitrogens with zero attached hydrogens (tertiary/aromatic N) is 3. The average molecular weight is 470 g/mol. The molecular formula is C28H43N3O3. The standard InChI is InChI=1S/C28H43N3O3/c1-26(10-5-8-24(26)25(32)20-31-19-21(17-29)18-30-31)11-9-22-6-4-7-23-16-27(2,33)12-13-28(22,23)14-15-34-3/h18-19,22-24,33H,4-16,20H2,1-3H3. The lowest BCUT2D eigenvalue weighted by Crippen LogP contribution is -2.50. The molecule has 0 saturated heterocycles. The summed E-state index contributed by atoms with van der Waals surface area (Å²) in [6, 6.07) is 2.09. The van der Waals surface area contributed by atoms with Gasteiger partial charge in [-0.2, -0.15) is 10.4 Å². The Hall–Kier alpha value is -1.71. The zero-order valence-electron chi connectivity index (χ0n) is 21.4. The molecule has 3 fully saturated rings. The van der Waals surface area contributed by atoms with E-state index in [9.17, 15) is 9.90 Å². The molecule has 0 aliphatic heterocycles. The first-order valence-electron chi connectivity index (χ1n) is 13.4. The molecule has 1 aromatic rings. The van der Waals surface area contributed by atoms with Crippen LogP contribution in [0.5, 0.6) is 0 Å². The summed E-state index contributed by atoms with van der Waals surface area (Å²) in [5.41, 5.74) is 0.281. The monoisotopic (exact) mass is 469 g/mol. The Morgan fingerprint density at radius 3 is 2.79 bits per heavy atom. The number of Topliss-reactive ketones (excluding diaryl/α,β-unsaturated/α-hetero) is 1. The van der Waals surface area contributed by atoms with E-state index in [1.54, 1.807) is 18.0 Å². The summed E-state index contributed by atoms with van der Waals surface area (Å²) in [5.74, 6) is 1.56. The second-order valence-electron chi connectivity index (χ2n) is 12.1. The highest BCUT2D eigenvalue weighted by molar-refractivity contribution is 5.81. The molecule has 6 heteroatoms. The van der Waals surface area contributed by atoms with Gasteiger partial charge in [-0.3, -0.25) is 9.48 Å². The summed E-state index contributed by atoms with van der Waals surface area (Å²) >= 11 is 0. The molecule has 1 aromatic heterocycles. The van der Waals surface area contributed by atoms with Crippen molar-refractivity contribution in [2.24, 2.45) is 28.6 Å². The minimum Gasteiger partial charge on any atom is -0.390 e. The van der Waals surface area contributed by atoms with Crippen molar-refractivity contribution in [1.82, 2.24) is 9.78 Å². The van der Waals surface area contributed by atoms with Crippen LogP contribution in [-0.4, -0.2) is 40.0 Å². The second-order valence-corrected chi connectivity index (χ2v) is 12.1. The lowest BCUT2D eigenvalue weighted by molar-refractivity contribution is -0.128. The molecule has 6 nitrogen and oxygen atoms in total. The van der Waals surface area contributed by atoms with Gasteiger partial charge >= 0.3 is 0 Å². The molecule has 1 heterocycles. The zero-order valence-corrected chi connectivity index (χ0v) is 21.4. The van der Waals surface area contributed by atoms with Crippen molar-refractivity contribution in [2.75, 3.05) is 13.7 Å². The Morgan fingerprint density at radius 2 is 2.06 bits per heavy atom. The minimum absolute atomic E-state index is 0.0395. The van der Waals surface area contributed by atoms with Crippen molar-refractivity contribution in [3.8, 4) is 6.07 Å². The molecule has 6 atom stereocenters. The molecule has 3 aliphatic carbocycles. The first-order chi connectivity index (χ1) is 16.2. The summed E-state index contributed by atoms with van der Waals surface area (Å²) in [6.45, 7) is 5.41. The van der Waals surface area contributed by atoms with E-state index in [2.05, 4.69) is 18.1 Å². The Labute approximate surface area is 205 Å². The van der Waals surface area contributed by atoms with Crippen molar-refractivity contribution in [2.45, 2.75) is 103 Å². The summed E-state index contributed by atoms with van der Waals surface area (Å²) in [7, 11) is 1.80. The van der Waals surface area contributed by atoms with Crippen LogP contribution in [0, 0.1) is 39.9 Å². The van der Waals surface area contributed by atoms with Gasteiger partial charge in [0.1, 0.15) is 6.07 Å². The molecule has 0 radical (unpaired) electrons. The van der Waals surface area contributed by atoms with Crippen molar-refractivity contribution in [3.05, 3.63) is 18.0 Å². The molecule has 0 amide bonds. The highest BCUT2D eigenvalue weighted by atomic mass is 16.5. The molecule has 0 aromatic carbocycles. The number of nitriles is 1. The first-order valence-corrected chi connectivity index (χ1v) is 13.4. The number of carbonyl (C=O) groups is 1. The van der Waals surface area contributed by atoms with Crippen LogP contribution in [0.2, 0.25) is 0 Å². The zero-order chi connectivity index (χ0) is 24.4. The van der Waals surface area contributed by atoms with Crippen LogP contribution < -0.4 is 0 Å². The van der Waals surface area contributed by atoms with Crippen molar-refractivity contribution in [3.63, 3.8) is 0 Å². The minimum atomic E-state index is -0.532. The van der Waals surface area contributed by atoms with E-state index < -0.39 is 5.60 Å². The Balaban J connectivity index is 1.45. The largest absolute Gasteiger partial charge is 0.390 e. The topological polar surface area (TPSA) is 88.1 Å². The fraction of sp³-hybridized carbons (Fsp3) is 0.821. The number of carbonyl (C=O) groups excluding carboxylic acids is 1. The van der Waals surface area contributed by atoms with Gasteiger partial charge in [0.2, 0.25) is 0 Å². The van der Waals surface area contributed by atoms with E-state index in [0.29, 0.717) is 17.4 Å². The third-order valence-corrected chi connectivity index (χ3v) is 9.93. The predicted octanol–water partition coefficient (Wildman–Crippen LogP) is 5.28. The molecular weight excluding hydrogens is 426 g/mol. The van der Waals surface area contributed by atoms with Gasteiger partial charge in [0, 0.05) is 25.8 Å². The molecule has 3 saturated carbocycles. The van der Waals surface area contributed by atoms with Crippen LogP contribution >= 0.6 is 0 Å². The van der Waals surface area contributed by atoms with Gasteiger partial charge in [0.05, 0.1) is 23.9 Å². The van der Waals surface area contributed by atoms with Gasteiger partial charge in [0.15, 0.2) is 5.78 Å². The molecule has 34 heavy (non-hydrogen) atoms. The number of hydrogen-bond acceptors (Lipinski definition) is 5. The van der Waals surface area contributed by atoms with E-state index in [0.717, 1.165) is 58.0 Å². The summed E-state index contributed by atoms with van der Waals surface area (Å²) in [5, 5.41) is 24.1. The molecule has 188 valence electrons. The van der Waals surface area contributed by atoms with E-state index in [4.69, 9.17) is 10.00 Å². The summed E-state index contributed by atoms with van der Waals surface area (Å²) in [4.78, 5) is 13.3. The Kier molecular flexibility index (Phi) is 7.55. The van der Waals surface area contributed by atoms with E-state index in [-0.39, 0.29) is 29.1 Å². The quantitative estimate of drug-likeness (QED) is 0.531. The molecule has 3 aliphatic rings. The van der Waals surface area contributed by atoms with Crippen LogP contribution in [0.3, 0.4) is 0 Å². The van der Waals surface area contributed by atoms with Crippen molar-refractivity contribution >= 4 is 5.78 Å². The van der Waals surface area contributed by atoms with Gasteiger partial charge in [-0.25, -0.2) is 0 Å². The van der Waals surface area contributed by atoms with Gasteiger partial charge in [-0.05, 0) is 93.8 Å². The number of ketones is 1. The van der Waals surface area contributed by atoms with E-state index in [1.165, 1.54) is 31.9 Å². The van der Waals surface area contributed by atoms with Crippen LogP contribution in [0.4, 0.5) is 0 Å². The number of ether oxygens (including phenoxy) is 1. The first kappa shape index (κ1) is 25.4. The van der Waals surface area contributed by atoms with E-state index >= 15 is 0 Å². The molecule has 6 unspecified atom stereocenters. The lowest BCUT2D eigenvalue weighted by Gasteiger charge is -2.56. The van der Waals surface area contributed by atoms with Crippen LogP contribution in [-0.2, 0) is 16.1 Å². The summed E-state index contributed by atoms with van der Waals surface area (Å²) < 4.78 is 7.19. The predicted molar refractivity (Wildman–Crippen MR) is 131 cm³/mol. The number of fused-ring (bicyclic) bond motifs is 1. The molecule has 1 N–H and O–H groups in total. The number of rotatable bonds is 9. The molecule has 0 spiro atoms. The SMILES string of the molecule is COCCC12CCC(C)(O)CC1CCCC2CCC1(C)CCCC1C(=O)Cn1cc(C#N)cn1. The Morgan fingerprint density at radius 1 is 1.24 bits per heavy atom. The van der Waals surface area contributed by atoms with E-state index in [1.807, 2.05) is 6.92 Å². The second kappa shape index (κ2) is 10.1. The maximum atomic E-state index is 13.3. The smallest absolute Gasteiger partial charge is 0.157 e. The third kappa shape index (κ3) is 5.11. The van der Waals surface area contributed by atoms with Crippen LogP contribution in [0.15, 0.2) is 12.4 Å². The maximum Gasteiger partial charge on any atom is 0.157 e. The van der Waals surface area contributed by atoms with Crippen molar-refractivity contribution < 1.29 is 14.6 Å². The van der Waals surface area contributed by atoms with Crippen LogP contribution in [0.25, 0.3) is 0 Å². The van der Waals surface area contributed by atoms with Gasteiger partial charge in [0.25, 0.3) is 0 Å². The third-order valence-electron chi connectivity index (χ3n) is 9.93. The number of methoxy groups -OCH3 is 1. The fourth-order valence-electron chi connectivity index (χ4n) is 7.99. The number of aliphatic hydroxyl groups is 1. The number of aromatic nitrogens is 2. The van der Waals surface area contributed by atoms with Gasteiger partial charge < -0.3 is 9.84 Å². The highest BCUT2D eigenvalue weighted by Gasteiger charge is 2.53. The molecule has 4 rings (SSSR count). The van der Waals surface area contributed by atoms with Gasteiger partial charge in [-0.1, -0.05) is 19.8 Å². The van der Waals surface area contributed by atoms with Gasteiger partial charge in [-0.15, -0.1) is 0 Å². The van der Waals surface area contributed by atoms with Crippen molar-refractivity contribution in [1.29, 1.82) is 5.26 Å². The number of hydrogen-bond donors (Lipinski definition) is 1. The highest BCUT2D eigenvalue weighted by Crippen LogP contribution is 2.60. The lowest BCUT2D eigenvalue weighted by atomic mass is 9.50. The maximum absolute atomic E-state index is 13.3. The normalized spacial score (nSPS) is 37.8.